The minimum absolute atomic E-state index is 0.143. The lowest BCUT2D eigenvalue weighted by atomic mass is 10.2. The summed E-state index contributed by atoms with van der Waals surface area (Å²) >= 11 is 0. The molecule has 0 saturated carbocycles. The van der Waals surface area contributed by atoms with E-state index in [1.807, 2.05) is 50.2 Å². The molecule has 0 spiro atoms. The molecule has 1 unspecified atom stereocenters. The van der Waals surface area contributed by atoms with Crippen LogP contribution in [0.3, 0.4) is 0 Å². The molecule has 0 saturated heterocycles. The summed E-state index contributed by atoms with van der Waals surface area (Å²) < 4.78 is 12.0. The van der Waals surface area contributed by atoms with Crippen LogP contribution in [-0.2, 0) is 15.6 Å². The monoisotopic (exact) mass is 304 g/mol. The summed E-state index contributed by atoms with van der Waals surface area (Å²) in [4.78, 5) is 12.0. The third kappa shape index (κ3) is 4.32. The molecule has 0 aromatic heterocycles. The fourth-order valence-electron chi connectivity index (χ4n) is 1.67. The first-order valence-corrected chi connectivity index (χ1v) is 8.93. The van der Waals surface area contributed by atoms with Crippen LogP contribution in [0.25, 0.3) is 0 Å². The Morgan fingerprint density at radius 3 is 2.00 bits per heavy atom. The highest BCUT2D eigenvalue weighted by Crippen LogP contribution is 2.20. The summed E-state index contributed by atoms with van der Waals surface area (Å²) in [6.07, 6.45) is 0. The van der Waals surface area contributed by atoms with Crippen molar-refractivity contribution in [3.8, 4) is 0 Å². The highest BCUT2D eigenvalue weighted by molar-refractivity contribution is 8.75. The molecule has 0 bridgehead atoms. The summed E-state index contributed by atoms with van der Waals surface area (Å²) in [7, 11) is -0.356. The van der Waals surface area contributed by atoms with Crippen LogP contribution in [0.2, 0.25) is 0 Å². The number of carbonyl (C=O) groups excluding carboxylic acids is 1. The van der Waals surface area contributed by atoms with Gasteiger partial charge in [0.2, 0.25) is 5.12 Å². The van der Waals surface area contributed by atoms with Crippen LogP contribution in [0, 0.1) is 13.8 Å². The van der Waals surface area contributed by atoms with Crippen molar-refractivity contribution in [3.63, 3.8) is 0 Å². The molecule has 0 fully saturated rings. The Kier molecular flexibility index (Phi) is 5.15. The van der Waals surface area contributed by atoms with Gasteiger partial charge in [-0.2, -0.15) is 0 Å². The Labute approximate surface area is 125 Å². The fraction of sp³-hybridized carbons (Fsp3) is 0.188. The first-order chi connectivity index (χ1) is 9.54. The Morgan fingerprint density at radius 2 is 1.45 bits per heavy atom. The molecule has 0 N–H and O–H groups in total. The molecule has 0 aliphatic carbocycles. The van der Waals surface area contributed by atoms with Gasteiger partial charge in [-0.15, -0.1) is 0 Å². The molecule has 2 aromatic rings. The minimum atomic E-state index is -1.25. The predicted molar refractivity (Wildman–Crippen MR) is 86.1 cm³/mol. The van der Waals surface area contributed by atoms with Crippen molar-refractivity contribution >= 4 is 25.7 Å². The number of aryl methyl sites for hydroxylation is 2. The molecular weight excluding hydrogens is 288 g/mol. The van der Waals surface area contributed by atoms with Gasteiger partial charge in [0.25, 0.3) is 0 Å². The first-order valence-electron chi connectivity index (χ1n) is 6.28. The number of benzene rings is 2. The lowest BCUT2D eigenvalue weighted by Crippen LogP contribution is -1.98. The molecule has 0 amide bonds. The van der Waals surface area contributed by atoms with Crippen LogP contribution < -0.4 is 0 Å². The molecule has 0 aliphatic rings. The smallest absolute Gasteiger partial charge is 0.232 e. The minimum Gasteiger partial charge on any atom is -0.281 e. The Balaban J connectivity index is 1.95. The van der Waals surface area contributed by atoms with Crippen molar-refractivity contribution in [1.82, 2.24) is 0 Å². The van der Waals surface area contributed by atoms with Crippen molar-refractivity contribution in [3.05, 3.63) is 70.8 Å². The van der Waals surface area contributed by atoms with Gasteiger partial charge in [0.15, 0.2) is 0 Å². The van der Waals surface area contributed by atoms with Gasteiger partial charge < -0.3 is 0 Å². The van der Waals surface area contributed by atoms with E-state index in [-0.39, 0.29) is 5.12 Å². The Bertz CT molecular complexity index is 616. The quantitative estimate of drug-likeness (QED) is 0.799. The zero-order valence-corrected chi connectivity index (χ0v) is 13.1. The molecule has 0 aliphatic heterocycles. The van der Waals surface area contributed by atoms with Gasteiger partial charge in [-0.1, -0.05) is 59.7 Å². The number of hydrogen-bond acceptors (Lipinski definition) is 3. The van der Waals surface area contributed by atoms with Crippen molar-refractivity contribution in [2.24, 2.45) is 0 Å². The molecule has 2 nitrogen and oxygen atoms in total. The fourth-order valence-corrected chi connectivity index (χ4v) is 3.98. The van der Waals surface area contributed by atoms with Gasteiger partial charge >= 0.3 is 0 Å². The van der Waals surface area contributed by atoms with E-state index in [0.717, 1.165) is 21.9 Å². The van der Waals surface area contributed by atoms with E-state index in [0.29, 0.717) is 11.3 Å². The summed E-state index contributed by atoms with van der Waals surface area (Å²) in [6.45, 7) is 3.98. The standard InChI is InChI=1S/C16H16O2S2/c1-12-3-7-14(8-4-12)11-20(18)19-16(17)15-9-5-13(2)6-10-15/h3-10H,11H2,1-2H3. The normalized spacial score (nSPS) is 12.1. The van der Waals surface area contributed by atoms with E-state index in [1.165, 1.54) is 5.56 Å². The topological polar surface area (TPSA) is 34.1 Å². The summed E-state index contributed by atoms with van der Waals surface area (Å²) in [5.74, 6) is 0.391. The number of rotatable bonds is 4. The maximum atomic E-state index is 12.0. The van der Waals surface area contributed by atoms with Gasteiger partial charge in [0, 0.05) is 16.4 Å². The van der Waals surface area contributed by atoms with Gasteiger partial charge in [0.05, 0.1) is 15.6 Å². The predicted octanol–water partition coefficient (Wildman–Crippen LogP) is 4.04. The van der Waals surface area contributed by atoms with Gasteiger partial charge in [-0.3, -0.25) is 4.79 Å². The van der Waals surface area contributed by atoms with Crippen molar-refractivity contribution < 1.29 is 9.00 Å². The average Bonchev–Trinajstić information content (AvgIpc) is 2.42. The van der Waals surface area contributed by atoms with Gasteiger partial charge in [-0.25, -0.2) is 4.21 Å². The summed E-state index contributed by atoms with van der Waals surface area (Å²) in [5.41, 5.74) is 3.85. The Hall–Kier alpha value is -1.39. The van der Waals surface area contributed by atoms with Crippen LogP contribution in [0.5, 0.6) is 0 Å². The zero-order valence-electron chi connectivity index (χ0n) is 11.5. The molecule has 2 rings (SSSR count). The lowest BCUT2D eigenvalue weighted by molar-refractivity contribution is 0.109. The second-order valence-corrected chi connectivity index (χ2v) is 7.72. The second-order valence-electron chi connectivity index (χ2n) is 4.67. The average molecular weight is 304 g/mol. The van der Waals surface area contributed by atoms with Crippen molar-refractivity contribution in [2.45, 2.75) is 19.6 Å². The Morgan fingerprint density at radius 1 is 0.950 bits per heavy atom. The third-order valence-electron chi connectivity index (χ3n) is 2.86. The lowest BCUT2D eigenvalue weighted by Gasteiger charge is -2.03. The van der Waals surface area contributed by atoms with Crippen LogP contribution in [0.4, 0.5) is 0 Å². The largest absolute Gasteiger partial charge is 0.281 e. The van der Waals surface area contributed by atoms with Crippen LogP contribution in [0.1, 0.15) is 27.0 Å². The summed E-state index contributed by atoms with van der Waals surface area (Å²) in [6, 6.07) is 15.2. The number of carbonyl (C=O) groups is 1. The van der Waals surface area contributed by atoms with Crippen molar-refractivity contribution in [2.75, 3.05) is 0 Å². The SMILES string of the molecule is Cc1ccc(CS(=O)SC(=O)c2ccc(C)cc2)cc1. The molecule has 0 radical (unpaired) electrons. The van der Waals surface area contributed by atoms with E-state index in [2.05, 4.69) is 0 Å². The number of hydrogen-bond donors (Lipinski definition) is 0. The molecule has 104 valence electrons. The molecule has 2 aromatic carbocycles. The van der Waals surface area contributed by atoms with E-state index in [1.54, 1.807) is 12.1 Å². The molecule has 1 atom stereocenters. The van der Waals surface area contributed by atoms with Crippen molar-refractivity contribution in [1.29, 1.82) is 0 Å². The van der Waals surface area contributed by atoms with E-state index in [9.17, 15) is 9.00 Å². The highest BCUT2D eigenvalue weighted by atomic mass is 33.1. The third-order valence-corrected chi connectivity index (χ3v) is 5.37. The second kappa shape index (κ2) is 6.86. The molecule has 20 heavy (non-hydrogen) atoms. The highest BCUT2D eigenvalue weighted by Gasteiger charge is 2.12. The zero-order chi connectivity index (χ0) is 14.5. The van der Waals surface area contributed by atoms with E-state index >= 15 is 0 Å². The maximum Gasteiger partial charge on any atom is 0.232 e. The van der Waals surface area contributed by atoms with E-state index in [4.69, 9.17) is 0 Å². The van der Waals surface area contributed by atoms with Crippen LogP contribution in [0.15, 0.2) is 48.5 Å². The van der Waals surface area contributed by atoms with Gasteiger partial charge in [0.1, 0.15) is 0 Å². The molecular formula is C16H16O2S2. The van der Waals surface area contributed by atoms with Crippen LogP contribution in [-0.4, -0.2) is 9.32 Å². The first kappa shape index (κ1) is 15.0. The van der Waals surface area contributed by atoms with Crippen LogP contribution >= 0.6 is 10.8 Å². The van der Waals surface area contributed by atoms with E-state index < -0.39 is 9.83 Å². The molecule has 0 heterocycles. The summed E-state index contributed by atoms with van der Waals surface area (Å²) in [5, 5.41) is -0.143. The molecule has 4 heteroatoms. The van der Waals surface area contributed by atoms with Gasteiger partial charge in [-0.05, 0) is 19.4 Å². The maximum absolute atomic E-state index is 12.0.